The SMILES string of the molecule is CCCc1nnc2sc(-c3cnc(C(C)C)nc3C)nn12. The maximum Gasteiger partial charge on any atom is 0.234 e. The molecule has 21 heavy (non-hydrogen) atoms. The van der Waals surface area contributed by atoms with Gasteiger partial charge in [-0.25, -0.2) is 9.97 Å². The van der Waals surface area contributed by atoms with Gasteiger partial charge in [-0.15, -0.1) is 10.2 Å². The Labute approximate surface area is 127 Å². The zero-order valence-electron chi connectivity index (χ0n) is 12.7. The summed E-state index contributed by atoms with van der Waals surface area (Å²) in [6.07, 6.45) is 3.77. The molecule has 6 nitrogen and oxygen atoms in total. The van der Waals surface area contributed by atoms with Crippen LogP contribution in [0.3, 0.4) is 0 Å². The summed E-state index contributed by atoms with van der Waals surface area (Å²) in [6.45, 7) is 8.30. The lowest BCUT2D eigenvalue weighted by atomic mass is 10.2. The molecule has 3 aromatic rings. The molecule has 7 heteroatoms. The second kappa shape index (κ2) is 5.48. The summed E-state index contributed by atoms with van der Waals surface area (Å²) in [5, 5.41) is 13.9. The van der Waals surface area contributed by atoms with Crippen molar-refractivity contribution in [1.82, 2.24) is 29.8 Å². The third-order valence-corrected chi connectivity index (χ3v) is 4.21. The van der Waals surface area contributed by atoms with E-state index < -0.39 is 0 Å². The van der Waals surface area contributed by atoms with Crippen molar-refractivity contribution in [3.05, 3.63) is 23.5 Å². The van der Waals surface area contributed by atoms with Crippen LogP contribution in [-0.4, -0.2) is 29.8 Å². The fourth-order valence-corrected chi connectivity index (χ4v) is 3.04. The molecule has 0 amide bonds. The molecule has 0 aliphatic rings. The third-order valence-electron chi connectivity index (χ3n) is 3.27. The van der Waals surface area contributed by atoms with Crippen molar-refractivity contribution in [3.8, 4) is 10.6 Å². The Morgan fingerprint density at radius 3 is 2.76 bits per heavy atom. The average Bonchev–Trinajstić information content (AvgIpc) is 3.01. The van der Waals surface area contributed by atoms with Crippen molar-refractivity contribution in [2.24, 2.45) is 0 Å². The van der Waals surface area contributed by atoms with E-state index in [1.54, 1.807) is 0 Å². The van der Waals surface area contributed by atoms with Gasteiger partial charge in [-0.3, -0.25) is 0 Å². The van der Waals surface area contributed by atoms with E-state index in [4.69, 9.17) is 0 Å². The lowest BCUT2D eigenvalue weighted by Gasteiger charge is -2.06. The fourth-order valence-electron chi connectivity index (χ4n) is 2.12. The normalized spacial score (nSPS) is 11.7. The zero-order valence-corrected chi connectivity index (χ0v) is 13.5. The lowest BCUT2D eigenvalue weighted by Crippen LogP contribution is -2.01. The van der Waals surface area contributed by atoms with Gasteiger partial charge in [0.2, 0.25) is 4.96 Å². The number of nitrogens with zero attached hydrogens (tertiary/aromatic N) is 6. The average molecular weight is 302 g/mol. The van der Waals surface area contributed by atoms with E-state index >= 15 is 0 Å². The Kier molecular flexibility index (Phi) is 3.67. The van der Waals surface area contributed by atoms with Gasteiger partial charge in [0.1, 0.15) is 5.82 Å². The molecule has 0 bridgehead atoms. The van der Waals surface area contributed by atoms with E-state index in [2.05, 4.69) is 46.0 Å². The van der Waals surface area contributed by atoms with E-state index in [1.165, 1.54) is 11.3 Å². The summed E-state index contributed by atoms with van der Waals surface area (Å²) in [6, 6.07) is 0. The molecule has 3 rings (SSSR count). The number of hydrogen-bond donors (Lipinski definition) is 0. The Morgan fingerprint density at radius 1 is 1.29 bits per heavy atom. The lowest BCUT2D eigenvalue weighted by molar-refractivity contribution is 0.764. The van der Waals surface area contributed by atoms with Gasteiger partial charge < -0.3 is 0 Å². The molecule has 0 atom stereocenters. The maximum atomic E-state index is 4.63. The Balaban J connectivity index is 2.04. The van der Waals surface area contributed by atoms with Gasteiger partial charge in [0.15, 0.2) is 10.8 Å². The second-order valence-electron chi connectivity index (χ2n) is 5.35. The minimum atomic E-state index is 0.326. The Morgan fingerprint density at radius 2 is 2.10 bits per heavy atom. The topological polar surface area (TPSA) is 68.9 Å². The molecule has 3 heterocycles. The molecule has 0 spiro atoms. The van der Waals surface area contributed by atoms with Crippen molar-refractivity contribution in [2.45, 2.75) is 46.5 Å². The van der Waals surface area contributed by atoms with Crippen LogP contribution >= 0.6 is 11.3 Å². The molecule has 0 aliphatic carbocycles. The summed E-state index contributed by atoms with van der Waals surface area (Å²) in [5.74, 6) is 2.10. The third kappa shape index (κ3) is 2.53. The van der Waals surface area contributed by atoms with Crippen LogP contribution < -0.4 is 0 Å². The first kappa shape index (κ1) is 14.1. The Bertz CT molecular complexity index is 773. The van der Waals surface area contributed by atoms with Crippen molar-refractivity contribution >= 4 is 16.3 Å². The van der Waals surface area contributed by atoms with Gasteiger partial charge in [-0.05, 0) is 13.3 Å². The van der Waals surface area contributed by atoms with Crippen LogP contribution in [0.5, 0.6) is 0 Å². The van der Waals surface area contributed by atoms with Crippen molar-refractivity contribution in [1.29, 1.82) is 0 Å². The molecule has 0 unspecified atom stereocenters. The predicted octanol–water partition coefficient (Wildman–Crippen LogP) is 3.03. The highest BCUT2D eigenvalue weighted by atomic mass is 32.1. The van der Waals surface area contributed by atoms with E-state index in [1.807, 2.05) is 17.6 Å². The van der Waals surface area contributed by atoms with E-state index in [0.29, 0.717) is 5.92 Å². The predicted molar refractivity (Wildman–Crippen MR) is 82.5 cm³/mol. The first-order chi connectivity index (χ1) is 10.1. The van der Waals surface area contributed by atoms with Crippen LogP contribution in [0.25, 0.3) is 15.5 Å². The molecule has 0 N–H and O–H groups in total. The van der Waals surface area contributed by atoms with Gasteiger partial charge in [0, 0.05) is 18.5 Å². The van der Waals surface area contributed by atoms with E-state index in [0.717, 1.165) is 45.7 Å². The van der Waals surface area contributed by atoms with Gasteiger partial charge >= 0.3 is 0 Å². The number of hydrogen-bond acceptors (Lipinski definition) is 6. The summed E-state index contributed by atoms with van der Waals surface area (Å²) in [5.41, 5.74) is 1.92. The van der Waals surface area contributed by atoms with Gasteiger partial charge in [0.25, 0.3) is 0 Å². The quantitative estimate of drug-likeness (QED) is 0.741. The van der Waals surface area contributed by atoms with Crippen LogP contribution in [0.4, 0.5) is 0 Å². The zero-order chi connectivity index (χ0) is 15.0. The van der Waals surface area contributed by atoms with Gasteiger partial charge in [-0.2, -0.15) is 9.61 Å². The Hall–Kier alpha value is -1.89. The maximum absolute atomic E-state index is 4.63. The molecule has 0 saturated heterocycles. The minimum Gasteiger partial charge on any atom is -0.240 e. The highest BCUT2D eigenvalue weighted by Crippen LogP contribution is 2.27. The highest BCUT2D eigenvalue weighted by molar-refractivity contribution is 7.19. The standard InChI is InChI=1S/C14H18N6S/c1-5-6-11-17-18-14-20(11)19-13(21-14)10-7-15-12(8(2)3)16-9(10)4/h7-8H,5-6H2,1-4H3. The molecule has 0 saturated carbocycles. The molecule has 0 aliphatic heterocycles. The number of aromatic nitrogens is 6. The molecule has 3 aromatic heterocycles. The largest absolute Gasteiger partial charge is 0.240 e. The van der Waals surface area contributed by atoms with Crippen LogP contribution in [0.1, 0.15) is 50.5 Å². The van der Waals surface area contributed by atoms with Crippen LogP contribution in [-0.2, 0) is 6.42 Å². The number of aryl methyl sites for hydroxylation is 2. The molecular formula is C14H18N6S. The van der Waals surface area contributed by atoms with E-state index in [-0.39, 0.29) is 0 Å². The highest BCUT2D eigenvalue weighted by Gasteiger charge is 2.15. The molecule has 110 valence electrons. The first-order valence-electron chi connectivity index (χ1n) is 7.15. The van der Waals surface area contributed by atoms with Crippen molar-refractivity contribution in [3.63, 3.8) is 0 Å². The summed E-state index contributed by atoms with van der Waals surface area (Å²) < 4.78 is 1.83. The summed E-state index contributed by atoms with van der Waals surface area (Å²) >= 11 is 1.52. The monoisotopic (exact) mass is 302 g/mol. The smallest absolute Gasteiger partial charge is 0.234 e. The first-order valence-corrected chi connectivity index (χ1v) is 7.96. The molecule has 0 radical (unpaired) electrons. The number of rotatable bonds is 4. The van der Waals surface area contributed by atoms with Crippen LogP contribution in [0.2, 0.25) is 0 Å². The van der Waals surface area contributed by atoms with Crippen LogP contribution in [0.15, 0.2) is 6.20 Å². The second-order valence-corrected chi connectivity index (χ2v) is 6.31. The minimum absolute atomic E-state index is 0.326. The van der Waals surface area contributed by atoms with Gasteiger partial charge in [-0.1, -0.05) is 32.1 Å². The molecule has 0 fully saturated rings. The number of fused-ring (bicyclic) bond motifs is 1. The summed E-state index contributed by atoms with van der Waals surface area (Å²) in [7, 11) is 0. The van der Waals surface area contributed by atoms with Gasteiger partial charge in [0.05, 0.1) is 11.3 Å². The van der Waals surface area contributed by atoms with Crippen molar-refractivity contribution in [2.75, 3.05) is 0 Å². The summed E-state index contributed by atoms with van der Waals surface area (Å²) in [4.78, 5) is 9.83. The van der Waals surface area contributed by atoms with Crippen LogP contribution in [0, 0.1) is 6.92 Å². The van der Waals surface area contributed by atoms with E-state index in [9.17, 15) is 0 Å². The molecule has 0 aromatic carbocycles. The van der Waals surface area contributed by atoms with Crippen molar-refractivity contribution < 1.29 is 0 Å². The fraction of sp³-hybridized carbons (Fsp3) is 0.500. The molecular weight excluding hydrogens is 284 g/mol.